The number of hydrogen-bond acceptors (Lipinski definition) is 7. The van der Waals surface area contributed by atoms with Gasteiger partial charge in [0, 0.05) is 5.39 Å². The van der Waals surface area contributed by atoms with Crippen molar-refractivity contribution in [2.45, 2.75) is 6.92 Å². The number of aromatic hydroxyl groups is 1. The minimum absolute atomic E-state index is 0.0574. The van der Waals surface area contributed by atoms with Crippen molar-refractivity contribution in [1.29, 1.82) is 0 Å². The Morgan fingerprint density at radius 3 is 2.63 bits per heavy atom. The molecule has 0 aliphatic rings. The van der Waals surface area contributed by atoms with Gasteiger partial charge in [-0.05, 0) is 30.5 Å². The summed E-state index contributed by atoms with van der Waals surface area (Å²) in [6.07, 6.45) is 0. The van der Waals surface area contributed by atoms with Gasteiger partial charge in [-0.2, -0.15) is 0 Å². The van der Waals surface area contributed by atoms with Crippen LogP contribution in [0.1, 0.15) is 17.3 Å². The van der Waals surface area contributed by atoms with E-state index in [1.54, 1.807) is 37.3 Å². The van der Waals surface area contributed by atoms with Gasteiger partial charge in [0.05, 0.1) is 17.6 Å². The van der Waals surface area contributed by atoms with Gasteiger partial charge in [0.15, 0.2) is 6.61 Å². The van der Waals surface area contributed by atoms with Crippen molar-refractivity contribution in [3.05, 3.63) is 70.3 Å². The number of hydrogen-bond donors (Lipinski definition) is 2. The molecular formula is C21H18N2O7. The first-order valence-electron chi connectivity index (χ1n) is 8.99. The van der Waals surface area contributed by atoms with Crippen molar-refractivity contribution in [2.75, 3.05) is 18.5 Å². The molecule has 9 heteroatoms. The zero-order valence-corrected chi connectivity index (χ0v) is 16.0. The summed E-state index contributed by atoms with van der Waals surface area (Å²) in [6.45, 7) is 1.39. The molecule has 0 aliphatic carbocycles. The molecule has 0 saturated carbocycles. The third kappa shape index (κ3) is 4.46. The fourth-order valence-corrected chi connectivity index (χ4v) is 2.84. The normalized spacial score (nSPS) is 10.4. The van der Waals surface area contributed by atoms with Crippen molar-refractivity contribution < 1.29 is 29.1 Å². The van der Waals surface area contributed by atoms with Crippen molar-refractivity contribution in [3.8, 4) is 11.5 Å². The highest BCUT2D eigenvalue weighted by atomic mass is 16.6. The van der Waals surface area contributed by atoms with E-state index in [1.165, 1.54) is 24.3 Å². The summed E-state index contributed by atoms with van der Waals surface area (Å²) in [6, 6.07) is 14.0. The average molecular weight is 410 g/mol. The molecule has 2 N–H and O–H groups in total. The fraction of sp³-hybridized carbons (Fsp3) is 0.143. The second-order valence-electron chi connectivity index (χ2n) is 6.18. The number of nitrogens with one attached hydrogen (secondary N) is 1. The molecule has 0 atom stereocenters. The Morgan fingerprint density at radius 1 is 1.13 bits per heavy atom. The van der Waals surface area contributed by atoms with Crippen LogP contribution in [0.4, 0.5) is 11.4 Å². The number of anilines is 1. The largest absolute Gasteiger partial charge is 0.506 e. The van der Waals surface area contributed by atoms with Gasteiger partial charge in [-0.25, -0.2) is 4.79 Å². The summed E-state index contributed by atoms with van der Waals surface area (Å²) in [5.41, 5.74) is -0.501. The predicted octanol–water partition coefficient (Wildman–Crippen LogP) is 3.65. The first-order valence-corrected chi connectivity index (χ1v) is 8.99. The summed E-state index contributed by atoms with van der Waals surface area (Å²) in [7, 11) is 0. The van der Waals surface area contributed by atoms with E-state index >= 15 is 0 Å². The molecule has 0 radical (unpaired) electrons. The van der Waals surface area contributed by atoms with E-state index in [2.05, 4.69) is 5.32 Å². The van der Waals surface area contributed by atoms with Gasteiger partial charge in [0.1, 0.15) is 22.7 Å². The van der Waals surface area contributed by atoms with E-state index in [9.17, 15) is 24.8 Å². The third-order valence-electron chi connectivity index (χ3n) is 4.21. The zero-order valence-electron chi connectivity index (χ0n) is 16.0. The van der Waals surface area contributed by atoms with Crippen molar-refractivity contribution in [3.63, 3.8) is 0 Å². The second kappa shape index (κ2) is 8.91. The monoisotopic (exact) mass is 410 g/mol. The quantitative estimate of drug-likeness (QED) is 0.346. The van der Waals surface area contributed by atoms with Crippen LogP contribution in [-0.4, -0.2) is 35.1 Å². The molecule has 30 heavy (non-hydrogen) atoms. The first kappa shape index (κ1) is 20.6. The van der Waals surface area contributed by atoms with Crippen LogP contribution in [-0.2, 0) is 9.53 Å². The summed E-state index contributed by atoms with van der Waals surface area (Å²) in [5.74, 6) is -1.62. The van der Waals surface area contributed by atoms with Crippen LogP contribution in [0.15, 0.2) is 54.6 Å². The van der Waals surface area contributed by atoms with Gasteiger partial charge < -0.3 is 19.9 Å². The lowest BCUT2D eigenvalue weighted by molar-refractivity contribution is -0.384. The van der Waals surface area contributed by atoms with Gasteiger partial charge >= 0.3 is 5.97 Å². The van der Waals surface area contributed by atoms with Crippen molar-refractivity contribution in [2.24, 2.45) is 0 Å². The molecule has 3 rings (SSSR count). The molecule has 0 fully saturated rings. The number of amides is 1. The van der Waals surface area contributed by atoms with E-state index in [0.29, 0.717) is 17.7 Å². The molecule has 9 nitrogen and oxygen atoms in total. The predicted molar refractivity (Wildman–Crippen MR) is 109 cm³/mol. The average Bonchev–Trinajstić information content (AvgIpc) is 2.73. The van der Waals surface area contributed by atoms with Crippen LogP contribution in [0.5, 0.6) is 11.5 Å². The van der Waals surface area contributed by atoms with Crippen LogP contribution in [0.2, 0.25) is 0 Å². The van der Waals surface area contributed by atoms with Gasteiger partial charge in [-0.1, -0.05) is 30.3 Å². The minimum Gasteiger partial charge on any atom is -0.506 e. The van der Waals surface area contributed by atoms with Crippen LogP contribution >= 0.6 is 0 Å². The standard InChI is InChI=1S/C21H18N2O7/c1-2-29-14-8-10-17(18(11-14)23(27)28)22-19(24)12-30-21(26)16-9-7-13-5-3-4-6-15(13)20(16)25/h3-11,25H,2,12H2,1H3,(H,22,24). The maximum atomic E-state index is 12.3. The summed E-state index contributed by atoms with van der Waals surface area (Å²) >= 11 is 0. The number of phenolic OH excluding ortho intramolecular Hbond substituents is 1. The van der Waals surface area contributed by atoms with Gasteiger partial charge in [0.25, 0.3) is 11.6 Å². The van der Waals surface area contributed by atoms with Crippen LogP contribution in [0, 0.1) is 10.1 Å². The number of nitrogens with zero attached hydrogens (tertiary/aromatic N) is 1. The summed E-state index contributed by atoms with van der Waals surface area (Å²) < 4.78 is 10.2. The number of carbonyl (C=O) groups excluding carboxylic acids is 2. The third-order valence-corrected chi connectivity index (χ3v) is 4.21. The number of nitro groups is 1. The van der Waals surface area contributed by atoms with Crippen molar-refractivity contribution in [1.82, 2.24) is 0 Å². The molecule has 1 amide bonds. The minimum atomic E-state index is -0.894. The van der Waals surface area contributed by atoms with E-state index in [4.69, 9.17) is 9.47 Å². The van der Waals surface area contributed by atoms with Crippen LogP contribution in [0.25, 0.3) is 10.8 Å². The maximum Gasteiger partial charge on any atom is 0.342 e. The molecule has 3 aromatic rings. The molecule has 0 saturated heterocycles. The summed E-state index contributed by atoms with van der Waals surface area (Å²) in [5, 5.41) is 25.1. The molecule has 0 aromatic heterocycles. The number of benzene rings is 3. The molecule has 0 unspecified atom stereocenters. The smallest absolute Gasteiger partial charge is 0.342 e. The molecule has 3 aromatic carbocycles. The Labute approximate surface area is 171 Å². The van der Waals surface area contributed by atoms with E-state index < -0.39 is 23.4 Å². The van der Waals surface area contributed by atoms with E-state index in [-0.39, 0.29) is 22.7 Å². The maximum absolute atomic E-state index is 12.3. The number of nitro benzene ring substituents is 1. The zero-order chi connectivity index (χ0) is 21.7. The molecule has 0 spiro atoms. The van der Waals surface area contributed by atoms with Gasteiger partial charge in [0.2, 0.25) is 0 Å². The Bertz CT molecular complexity index is 1130. The lowest BCUT2D eigenvalue weighted by Crippen LogP contribution is -2.21. The number of esters is 1. The number of ether oxygens (including phenoxy) is 2. The Balaban J connectivity index is 1.68. The van der Waals surface area contributed by atoms with E-state index in [0.717, 1.165) is 5.39 Å². The van der Waals surface area contributed by atoms with Crippen LogP contribution in [0.3, 0.4) is 0 Å². The summed E-state index contributed by atoms with van der Waals surface area (Å²) in [4.78, 5) is 35.0. The highest BCUT2D eigenvalue weighted by molar-refractivity contribution is 6.02. The SMILES string of the molecule is CCOc1ccc(NC(=O)COC(=O)c2ccc3ccccc3c2O)c([N+](=O)[O-])c1. The molecular weight excluding hydrogens is 392 g/mol. The van der Waals surface area contributed by atoms with E-state index in [1.807, 2.05) is 0 Å². The topological polar surface area (TPSA) is 128 Å². The Morgan fingerprint density at radius 2 is 1.90 bits per heavy atom. The first-order chi connectivity index (χ1) is 14.4. The lowest BCUT2D eigenvalue weighted by atomic mass is 10.1. The van der Waals surface area contributed by atoms with Gasteiger partial charge in [-0.3, -0.25) is 14.9 Å². The highest BCUT2D eigenvalue weighted by Crippen LogP contribution is 2.30. The number of rotatable bonds is 7. The number of fused-ring (bicyclic) bond motifs is 1. The van der Waals surface area contributed by atoms with Crippen LogP contribution < -0.4 is 10.1 Å². The van der Waals surface area contributed by atoms with Gasteiger partial charge in [-0.15, -0.1) is 0 Å². The molecule has 0 bridgehead atoms. The molecule has 154 valence electrons. The fourth-order valence-electron chi connectivity index (χ4n) is 2.84. The number of carbonyl (C=O) groups is 2. The Kier molecular flexibility index (Phi) is 6.11. The highest BCUT2D eigenvalue weighted by Gasteiger charge is 2.20. The molecule has 0 heterocycles. The lowest BCUT2D eigenvalue weighted by Gasteiger charge is -2.10. The second-order valence-corrected chi connectivity index (χ2v) is 6.18. The Hall–Kier alpha value is -4.14. The van der Waals surface area contributed by atoms with Crippen molar-refractivity contribution >= 4 is 34.0 Å². The number of phenols is 1. The molecule has 0 aliphatic heterocycles.